The van der Waals surface area contributed by atoms with Crippen molar-refractivity contribution in [1.29, 1.82) is 0 Å². The molecule has 1 aromatic carbocycles. The van der Waals surface area contributed by atoms with Crippen molar-refractivity contribution < 1.29 is 14.6 Å². The predicted octanol–water partition coefficient (Wildman–Crippen LogP) is 1.94. The summed E-state index contributed by atoms with van der Waals surface area (Å²) in [5.74, 6) is 0.963. The average molecular weight is 534 g/mol. The third kappa shape index (κ3) is 4.42. The van der Waals surface area contributed by atoms with Gasteiger partial charge in [0.25, 0.3) is 5.56 Å². The molecule has 2 N–H and O–H groups in total. The molecule has 2 fully saturated rings. The zero-order chi connectivity index (χ0) is 27.3. The molecule has 204 valence electrons. The Balaban J connectivity index is 1.49. The van der Waals surface area contributed by atoms with Gasteiger partial charge in [-0.1, -0.05) is 6.07 Å². The number of benzene rings is 1. The maximum absolute atomic E-state index is 14.1. The van der Waals surface area contributed by atoms with Gasteiger partial charge in [-0.25, -0.2) is 9.78 Å². The molecule has 0 saturated carbocycles. The van der Waals surface area contributed by atoms with E-state index in [1.807, 2.05) is 24.0 Å². The molecule has 39 heavy (non-hydrogen) atoms. The van der Waals surface area contributed by atoms with Crippen molar-refractivity contribution in [2.24, 2.45) is 0 Å². The number of likely N-dealkylation sites (N-methyl/N-ethyl adjacent to an activating group) is 1. The third-order valence-electron chi connectivity index (χ3n) is 7.80. The number of hydrogen-bond donors (Lipinski definition) is 2. The second-order valence-corrected chi connectivity index (χ2v) is 10.2. The largest absolute Gasteiger partial charge is 0.465 e. The first-order valence-corrected chi connectivity index (χ1v) is 13.1. The molecule has 3 aromatic heterocycles. The van der Waals surface area contributed by atoms with E-state index in [-0.39, 0.29) is 23.1 Å². The molecule has 2 aliphatic rings. The van der Waals surface area contributed by atoms with Gasteiger partial charge in [0, 0.05) is 37.6 Å². The predicted molar refractivity (Wildman–Crippen MR) is 145 cm³/mol. The van der Waals surface area contributed by atoms with Crippen molar-refractivity contribution in [2.75, 3.05) is 51.3 Å². The van der Waals surface area contributed by atoms with Gasteiger partial charge in [0.1, 0.15) is 17.9 Å². The minimum Gasteiger partial charge on any atom is -0.465 e. The van der Waals surface area contributed by atoms with Gasteiger partial charge in [0.2, 0.25) is 0 Å². The molecule has 0 spiro atoms. The number of likely N-dealkylation sites (tertiary alicyclic amines) is 1. The highest BCUT2D eigenvalue weighted by atomic mass is 16.5. The van der Waals surface area contributed by atoms with Gasteiger partial charge < -0.3 is 24.5 Å². The summed E-state index contributed by atoms with van der Waals surface area (Å²) in [5, 5.41) is 17.3. The van der Waals surface area contributed by atoms with E-state index >= 15 is 0 Å². The number of aryl methyl sites for hydroxylation is 2. The molecule has 2 saturated heterocycles. The summed E-state index contributed by atoms with van der Waals surface area (Å²) >= 11 is 0. The fraction of sp³-hybridized carbons (Fsp3) is 0.462. The molecule has 0 radical (unpaired) electrons. The van der Waals surface area contributed by atoms with Crippen molar-refractivity contribution in [3.63, 3.8) is 0 Å². The van der Waals surface area contributed by atoms with Crippen LogP contribution in [0.1, 0.15) is 24.2 Å². The molecule has 13 nitrogen and oxygen atoms in total. The Hall–Kier alpha value is -4.26. The van der Waals surface area contributed by atoms with E-state index in [4.69, 9.17) is 14.7 Å². The number of aromatic nitrogens is 6. The number of amides is 1. The molecule has 13 heteroatoms. The average Bonchev–Trinajstić information content (AvgIpc) is 3.57. The van der Waals surface area contributed by atoms with E-state index in [2.05, 4.69) is 27.1 Å². The van der Waals surface area contributed by atoms with Crippen LogP contribution in [0, 0.1) is 13.8 Å². The molecule has 4 aromatic rings. The van der Waals surface area contributed by atoms with Gasteiger partial charge in [-0.2, -0.15) is 15.1 Å². The first-order valence-electron chi connectivity index (χ1n) is 13.1. The summed E-state index contributed by atoms with van der Waals surface area (Å²) in [6.07, 6.45) is 2.88. The molecular formula is C26H31N9O4. The summed E-state index contributed by atoms with van der Waals surface area (Å²) in [6.45, 7) is 6.63. The quantitative estimate of drug-likeness (QED) is 0.390. The van der Waals surface area contributed by atoms with Crippen LogP contribution in [0.3, 0.4) is 0 Å². The number of carboxylic acid groups (broad SMARTS) is 1. The molecule has 1 atom stereocenters. The number of anilines is 1. The Morgan fingerprint density at radius 2 is 1.90 bits per heavy atom. The standard InChI is InChI=1S/C26H31N9O4/c1-15-6-7-19-18(13-27-31-19)22(15)35-16(2)28-20-21(24(35)36)29-25(39-14-17-5-4-8-32(17)3)30-23(20)33-9-11-34(12-10-33)26(37)38/h6-7,13,17H,4-5,8-12,14H2,1-3H3,(H,27,31)(H,37,38). The number of piperazine rings is 1. The molecule has 1 unspecified atom stereocenters. The van der Waals surface area contributed by atoms with Crippen LogP contribution in [0.2, 0.25) is 0 Å². The highest BCUT2D eigenvalue weighted by Gasteiger charge is 2.28. The lowest BCUT2D eigenvalue weighted by molar-refractivity contribution is 0.142. The number of H-pyrrole nitrogens is 1. The SMILES string of the molecule is Cc1ccc2[nH]ncc2c1-n1c(C)nc2c(N3CCN(C(=O)O)CC3)nc(OCC3CCCN3C)nc2c1=O. The monoisotopic (exact) mass is 533 g/mol. The Morgan fingerprint density at radius 3 is 2.62 bits per heavy atom. The summed E-state index contributed by atoms with van der Waals surface area (Å²) in [5.41, 5.74) is 2.61. The normalized spacial score (nSPS) is 18.4. The Kier molecular flexibility index (Phi) is 6.29. The third-order valence-corrected chi connectivity index (χ3v) is 7.80. The van der Waals surface area contributed by atoms with Crippen LogP contribution in [0.4, 0.5) is 10.6 Å². The highest BCUT2D eigenvalue weighted by molar-refractivity contribution is 5.90. The number of hydrogen-bond acceptors (Lipinski definition) is 9. The zero-order valence-electron chi connectivity index (χ0n) is 22.2. The topological polar surface area (TPSA) is 146 Å². The van der Waals surface area contributed by atoms with Gasteiger partial charge in [0.15, 0.2) is 11.3 Å². The van der Waals surface area contributed by atoms with Crippen LogP contribution in [-0.4, -0.2) is 103 Å². The van der Waals surface area contributed by atoms with Crippen LogP contribution in [0.25, 0.3) is 27.6 Å². The molecule has 1 amide bonds. The van der Waals surface area contributed by atoms with Crippen LogP contribution in [0.5, 0.6) is 6.01 Å². The maximum Gasteiger partial charge on any atom is 0.407 e. The summed E-state index contributed by atoms with van der Waals surface area (Å²) < 4.78 is 7.66. The summed E-state index contributed by atoms with van der Waals surface area (Å²) in [4.78, 5) is 45.3. The van der Waals surface area contributed by atoms with Gasteiger partial charge >= 0.3 is 12.1 Å². The number of fused-ring (bicyclic) bond motifs is 2. The molecule has 5 heterocycles. The van der Waals surface area contributed by atoms with E-state index in [1.54, 1.807) is 17.7 Å². The Morgan fingerprint density at radius 1 is 1.10 bits per heavy atom. The van der Waals surface area contributed by atoms with Crippen LogP contribution in [-0.2, 0) is 0 Å². The van der Waals surface area contributed by atoms with Crippen LogP contribution >= 0.6 is 0 Å². The van der Waals surface area contributed by atoms with Crippen molar-refractivity contribution in [3.8, 4) is 11.7 Å². The number of rotatable bonds is 5. The van der Waals surface area contributed by atoms with Gasteiger partial charge in [-0.05, 0) is 51.9 Å². The van der Waals surface area contributed by atoms with E-state index in [9.17, 15) is 14.7 Å². The molecule has 6 rings (SSSR count). The first-order chi connectivity index (χ1) is 18.8. The van der Waals surface area contributed by atoms with Gasteiger partial charge in [-0.3, -0.25) is 14.5 Å². The van der Waals surface area contributed by atoms with Crippen molar-refractivity contribution in [2.45, 2.75) is 32.7 Å². The Bertz CT molecular complexity index is 1620. The minimum absolute atomic E-state index is 0.117. The van der Waals surface area contributed by atoms with Gasteiger partial charge in [0.05, 0.1) is 17.4 Å². The first kappa shape index (κ1) is 25.0. The number of nitrogens with zero attached hydrogens (tertiary/aromatic N) is 8. The van der Waals surface area contributed by atoms with Crippen LogP contribution in [0.15, 0.2) is 23.1 Å². The zero-order valence-corrected chi connectivity index (χ0v) is 22.2. The smallest absolute Gasteiger partial charge is 0.407 e. The fourth-order valence-electron chi connectivity index (χ4n) is 5.57. The molecule has 2 aliphatic heterocycles. The van der Waals surface area contributed by atoms with E-state index in [0.717, 1.165) is 35.9 Å². The minimum atomic E-state index is -0.951. The highest BCUT2D eigenvalue weighted by Crippen LogP contribution is 2.28. The number of aromatic amines is 1. The van der Waals surface area contributed by atoms with Crippen molar-refractivity contribution in [1.82, 2.24) is 39.5 Å². The number of ether oxygens (including phenoxy) is 1. The lowest BCUT2D eigenvalue weighted by atomic mass is 10.1. The number of nitrogens with one attached hydrogen (secondary N) is 1. The van der Waals surface area contributed by atoms with Crippen molar-refractivity contribution >= 4 is 33.8 Å². The summed E-state index contributed by atoms with van der Waals surface area (Å²) in [6, 6.07) is 4.23. The van der Waals surface area contributed by atoms with Gasteiger partial charge in [-0.15, -0.1) is 0 Å². The van der Waals surface area contributed by atoms with E-state index in [1.165, 1.54) is 4.90 Å². The fourth-order valence-corrected chi connectivity index (χ4v) is 5.57. The molecule has 0 aliphatic carbocycles. The molecule has 0 bridgehead atoms. The maximum atomic E-state index is 14.1. The Labute approximate surface area is 224 Å². The van der Waals surface area contributed by atoms with Crippen molar-refractivity contribution in [3.05, 3.63) is 40.1 Å². The van der Waals surface area contributed by atoms with E-state index < -0.39 is 6.09 Å². The molecular weight excluding hydrogens is 502 g/mol. The second-order valence-electron chi connectivity index (χ2n) is 10.2. The number of carbonyl (C=O) groups is 1. The summed E-state index contributed by atoms with van der Waals surface area (Å²) in [7, 11) is 2.07. The lowest BCUT2D eigenvalue weighted by Gasteiger charge is -2.34. The van der Waals surface area contributed by atoms with E-state index in [0.29, 0.717) is 55.6 Å². The second kappa shape index (κ2) is 9.80. The van der Waals surface area contributed by atoms with Crippen LogP contribution < -0.4 is 15.2 Å². The lowest BCUT2D eigenvalue weighted by Crippen LogP contribution is -2.48.